The number of ether oxygens (including phenoxy) is 2. The number of amides is 1. The van der Waals surface area contributed by atoms with Gasteiger partial charge in [0.15, 0.2) is 0 Å². The molecule has 39 heavy (non-hydrogen) atoms. The van der Waals surface area contributed by atoms with Crippen molar-refractivity contribution in [2.75, 3.05) is 51.7 Å². The van der Waals surface area contributed by atoms with Crippen LogP contribution in [0.15, 0.2) is 36.4 Å². The summed E-state index contributed by atoms with van der Waals surface area (Å²) < 4.78 is 64.0. The molecule has 7 nitrogen and oxygen atoms in total. The van der Waals surface area contributed by atoms with Crippen LogP contribution in [0.1, 0.15) is 30.0 Å². The molecule has 2 aromatic rings. The Labute approximate surface area is 226 Å². The number of rotatable bonds is 12. The van der Waals surface area contributed by atoms with Gasteiger partial charge < -0.3 is 25.0 Å². The van der Waals surface area contributed by atoms with Crippen LogP contribution in [0.2, 0.25) is 6.32 Å². The summed E-state index contributed by atoms with van der Waals surface area (Å²) in [5, 5.41) is 9.66. The first-order chi connectivity index (χ1) is 18.6. The smallest absolute Gasteiger partial charge is 0.419 e. The number of hydrogen-bond donors (Lipinski definition) is 1. The number of alkyl halides is 3. The highest BCUT2D eigenvalue weighted by molar-refractivity contribution is 6.66. The molecule has 210 valence electrons. The zero-order valence-corrected chi connectivity index (χ0v) is 22.0. The lowest BCUT2D eigenvalue weighted by Gasteiger charge is -2.34. The lowest BCUT2D eigenvalue weighted by atomic mass is 9.45. The molecule has 0 bridgehead atoms. The topological polar surface area (TPSA) is 91.8 Å². The Morgan fingerprint density at radius 3 is 2.54 bits per heavy atom. The van der Waals surface area contributed by atoms with Crippen molar-refractivity contribution in [1.82, 2.24) is 9.80 Å². The van der Waals surface area contributed by atoms with E-state index in [1.54, 1.807) is 18.2 Å². The van der Waals surface area contributed by atoms with Gasteiger partial charge in [0.2, 0.25) is 5.91 Å². The number of nitrogens with two attached hydrogens (primary N) is 1. The van der Waals surface area contributed by atoms with Gasteiger partial charge in [0.1, 0.15) is 18.2 Å². The first-order valence-electron chi connectivity index (χ1n) is 12.9. The summed E-state index contributed by atoms with van der Waals surface area (Å²) in [5.74, 6) is 1.33. The quantitative estimate of drug-likeness (QED) is 0.185. The standard InChI is InChI=1S/C27H33BF4N4O3/c1-2-35-9-11-36(12-10-35)26(37)7-13-38-14-8-28(19-33)17-21-16-22(34)4-6-25(21)39-18-20-3-5-24(29)23(15-20)27(30,31)32/h3-6,15-16H,2,7-14,17-18,34H2,1H3. The fraction of sp³-hybridized carbons (Fsp3) is 0.481. The monoisotopic (exact) mass is 548 g/mol. The molecule has 0 radical (unpaired) electrons. The Morgan fingerprint density at radius 2 is 1.87 bits per heavy atom. The van der Waals surface area contributed by atoms with E-state index >= 15 is 0 Å². The molecule has 0 aromatic heterocycles. The van der Waals surface area contributed by atoms with E-state index in [0.29, 0.717) is 29.9 Å². The molecule has 0 atom stereocenters. The molecule has 3 rings (SSSR count). The van der Waals surface area contributed by atoms with Crippen LogP contribution >= 0.6 is 0 Å². The second kappa shape index (κ2) is 14.2. The van der Waals surface area contributed by atoms with Crippen LogP contribution in [0, 0.1) is 17.0 Å². The summed E-state index contributed by atoms with van der Waals surface area (Å²) in [5.41, 5.74) is 5.78. The molecule has 12 heteroatoms. The van der Waals surface area contributed by atoms with Crippen molar-refractivity contribution in [3.63, 3.8) is 0 Å². The van der Waals surface area contributed by atoms with Gasteiger partial charge in [-0.15, -0.1) is 0 Å². The van der Waals surface area contributed by atoms with Gasteiger partial charge in [0.05, 0.1) is 18.6 Å². The maximum Gasteiger partial charge on any atom is 0.419 e. The second-order valence-electron chi connectivity index (χ2n) is 9.46. The van der Waals surface area contributed by atoms with E-state index < -0.39 is 24.3 Å². The van der Waals surface area contributed by atoms with Crippen LogP contribution in [0.4, 0.5) is 23.2 Å². The third kappa shape index (κ3) is 9.15. The maximum absolute atomic E-state index is 13.6. The average molecular weight is 548 g/mol. The van der Waals surface area contributed by atoms with Gasteiger partial charge in [-0.2, -0.15) is 13.2 Å². The fourth-order valence-electron chi connectivity index (χ4n) is 4.38. The van der Waals surface area contributed by atoms with E-state index in [2.05, 4.69) is 17.8 Å². The van der Waals surface area contributed by atoms with Crippen LogP contribution in [-0.4, -0.2) is 68.4 Å². The number of nitrogen functional groups attached to an aromatic ring is 1. The third-order valence-electron chi connectivity index (χ3n) is 6.71. The zero-order chi connectivity index (χ0) is 28.4. The summed E-state index contributed by atoms with van der Waals surface area (Å²) in [6, 6.07) is 7.55. The van der Waals surface area contributed by atoms with Crippen molar-refractivity contribution in [3.8, 4) is 11.7 Å². The summed E-state index contributed by atoms with van der Waals surface area (Å²) in [6.07, 6.45) is -3.82. The minimum absolute atomic E-state index is 0.0626. The van der Waals surface area contributed by atoms with Crippen LogP contribution in [0.5, 0.6) is 5.75 Å². The van der Waals surface area contributed by atoms with Crippen molar-refractivity contribution in [2.24, 2.45) is 0 Å². The normalized spacial score (nSPS) is 14.2. The first kappa shape index (κ1) is 30.2. The van der Waals surface area contributed by atoms with Gasteiger partial charge in [-0.25, -0.2) is 9.65 Å². The van der Waals surface area contributed by atoms with Crippen molar-refractivity contribution in [1.29, 1.82) is 5.26 Å². The summed E-state index contributed by atoms with van der Waals surface area (Å²) in [6.45, 7) is 6.19. The Hall–Kier alpha value is -3.30. The Kier molecular flexibility index (Phi) is 11.0. The predicted molar refractivity (Wildman–Crippen MR) is 141 cm³/mol. The molecular formula is C27H33BF4N4O3. The van der Waals surface area contributed by atoms with E-state index in [0.717, 1.165) is 44.9 Å². The lowest BCUT2D eigenvalue weighted by molar-refractivity contribution is -0.140. The summed E-state index contributed by atoms with van der Waals surface area (Å²) >= 11 is 0. The second-order valence-corrected chi connectivity index (χ2v) is 9.46. The average Bonchev–Trinajstić information content (AvgIpc) is 2.91. The molecule has 2 aromatic carbocycles. The SMILES string of the molecule is CCN1CCN(C(=O)CCOCCB(C#N)Cc2cc(N)ccc2OCc2ccc(F)c(C(F)(F)F)c2)CC1. The van der Waals surface area contributed by atoms with Crippen LogP contribution in [0.3, 0.4) is 0 Å². The summed E-state index contributed by atoms with van der Waals surface area (Å²) in [4.78, 5) is 16.5. The van der Waals surface area contributed by atoms with E-state index in [4.69, 9.17) is 15.2 Å². The minimum atomic E-state index is -4.81. The number of nitriles is 1. The van der Waals surface area contributed by atoms with E-state index in [-0.39, 0.29) is 37.4 Å². The molecule has 1 aliphatic heterocycles. The van der Waals surface area contributed by atoms with Gasteiger partial charge in [-0.05, 0) is 60.6 Å². The number of hydrogen-bond acceptors (Lipinski definition) is 6. The Bertz CT molecular complexity index is 1150. The van der Waals surface area contributed by atoms with Gasteiger partial charge in [0, 0.05) is 44.4 Å². The van der Waals surface area contributed by atoms with Crippen molar-refractivity contribution >= 4 is 18.3 Å². The third-order valence-corrected chi connectivity index (χ3v) is 6.71. The molecule has 0 unspecified atom stereocenters. The van der Waals surface area contributed by atoms with Crippen LogP contribution < -0.4 is 10.5 Å². The number of benzene rings is 2. The van der Waals surface area contributed by atoms with Crippen molar-refractivity contribution < 1.29 is 31.8 Å². The number of halogens is 4. The summed E-state index contributed by atoms with van der Waals surface area (Å²) in [7, 11) is 0. The van der Waals surface area contributed by atoms with Gasteiger partial charge in [0.25, 0.3) is 6.71 Å². The van der Waals surface area contributed by atoms with Gasteiger partial charge >= 0.3 is 6.18 Å². The first-order valence-corrected chi connectivity index (χ1v) is 12.9. The number of piperazine rings is 1. The molecule has 1 fully saturated rings. The van der Waals surface area contributed by atoms with E-state index in [1.165, 1.54) is 6.07 Å². The van der Waals surface area contributed by atoms with Crippen molar-refractivity contribution in [2.45, 2.75) is 38.8 Å². The van der Waals surface area contributed by atoms with E-state index in [1.807, 2.05) is 4.90 Å². The number of carbonyl (C=O) groups excluding carboxylic acids is 1. The molecule has 1 amide bonds. The number of carbonyl (C=O) groups is 1. The lowest BCUT2D eigenvalue weighted by Crippen LogP contribution is -2.48. The van der Waals surface area contributed by atoms with Gasteiger partial charge in [-0.1, -0.05) is 13.0 Å². The molecule has 0 saturated carbocycles. The molecular weight excluding hydrogens is 515 g/mol. The van der Waals surface area contributed by atoms with Gasteiger partial charge in [-0.3, -0.25) is 4.79 Å². The number of anilines is 1. The largest absolute Gasteiger partial charge is 0.489 e. The maximum atomic E-state index is 13.6. The number of likely N-dealkylation sites (N-methyl/N-ethyl adjacent to an activating group) is 1. The Balaban J connectivity index is 1.49. The highest BCUT2D eigenvalue weighted by atomic mass is 19.4. The molecule has 0 spiro atoms. The van der Waals surface area contributed by atoms with Crippen LogP contribution in [-0.2, 0) is 28.6 Å². The predicted octanol–water partition coefficient (Wildman–Crippen LogP) is 4.22. The zero-order valence-electron chi connectivity index (χ0n) is 22.0. The molecule has 1 saturated heterocycles. The molecule has 2 N–H and O–H groups in total. The Morgan fingerprint density at radius 1 is 1.13 bits per heavy atom. The fourth-order valence-corrected chi connectivity index (χ4v) is 4.38. The highest BCUT2D eigenvalue weighted by Gasteiger charge is 2.34. The molecule has 1 aliphatic rings. The highest BCUT2D eigenvalue weighted by Crippen LogP contribution is 2.32. The minimum Gasteiger partial charge on any atom is -0.489 e. The van der Waals surface area contributed by atoms with E-state index in [9.17, 15) is 27.6 Å². The number of nitrogens with zero attached hydrogens (tertiary/aromatic N) is 3. The molecule has 1 heterocycles. The van der Waals surface area contributed by atoms with Crippen molar-refractivity contribution in [3.05, 3.63) is 58.9 Å². The van der Waals surface area contributed by atoms with Crippen LogP contribution in [0.25, 0.3) is 0 Å². The molecule has 0 aliphatic carbocycles.